The smallest absolute Gasteiger partial charge is 0.258 e. The van der Waals surface area contributed by atoms with Crippen molar-refractivity contribution in [2.75, 3.05) is 11.1 Å². The second kappa shape index (κ2) is 5.06. The van der Waals surface area contributed by atoms with Crippen LogP contribution in [0.4, 0.5) is 20.2 Å². The summed E-state index contributed by atoms with van der Waals surface area (Å²) in [6, 6.07) is 7.89. The molecule has 0 unspecified atom stereocenters. The van der Waals surface area contributed by atoms with E-state index in [0.29, 0.717) is 5.56 Å². The van der Waals surface area contributed by atoms with E-state index < -0.39 is 17.5 Å². The van der Waals surface area contributed by atoms with Gasteiger partial charge in [0.1, 0.15) is 11.6 Å². The van der Waals surface area contributed by atoms with Crippen molar-refractivity contribution in [1.29, 1.82) is 0 Å². The number of anilines is 2. The van der Waals surface area contributed by atoms with Gasteiger partial charge in [0.15, 0.2) is 0 Å². The molecule has 0 bridgehead atoms. The molecule has 2 rings (SSSR count). The van der Waals surface area contributed by atoms with Crippen LogP contribution < -0.4 is 11.1 Å². The number of aryl methyl sites for hydroxylation is 1. The summed E-state index contributed by atoms with van der Waals surface area (Å²) < 4.78 is 26.7. The summed E-state index contributed by atoms with van der Waals surface area (Å²) in [4.78, 5) is 11.9. The van der Waals surface area contributed by atoms with Crippen molar-refractivity contribution >= 4 is 17.3 Å². The van der Waals surface area contributed by atoms with Gasteiger partial charge >= 0.3 is 0 Å². The Morgan fingerprint density at radius 1 is 1.16 bits per heavy atom. The molecule has 0 saturated carbocycles. The Bertz CT molecular complexity index is 621. The van der Waals surface area contributed by atoms with Gasteiger partial charge in [-0.25, -0.2) is 8.78 Å². The van der Waals surface area contributed by atoms with Gasteiger partial charge in [-0.05, 0) is 42.8 Å². The number of nitrogens with two attached hydrogens (primary N) is 1. The van der Waals surface area contributed by atoms with Crippen molar-refractivity contribution in [2.45, 2.75) is 6.92 Å². The largest absolute Gasteiger partial charge is 0.399 e. The fourth-order valence-corrected chi connectivity index (χ4v) is 1.69. The SMILES string of the molecule is Cc1ccc(C(=O)Nc2cc(N)cc(F)c2)c(F)c1. The minimum Gasteiger partial charge on any atom is -0.399 e. The lowest BCUT2D eigenvalue weighted by atomic mass is 10.1. The number of rotatable bonds is 2. The van der Waals surface area contributed by atoms with E-state index in [1.165, 1.54) is 18.2 Å². The highest BCUT2D eigenvalue weighted by atomic mass is 19.1. The van der Waals surface area contributed by atoms with Crippen molar-refractivity contribution in [3.63, 3.8) is 0 Å². The summed E-state index contributed by atoms with van der Waals surface area (Å²) in [5, 5.41) is 2.40. The summed E-state index contributed by atoms with van der Waals surface area (Å²) in [6.07, 6.45) is 0. The summed E-state index contributed by atoms with van der Waals surface area (Å²) in [5.74, 6) is -1.84. The van der Waals surface area contributed by atoms with Crippen molar-refractivity contribution in [3.8, 4) is 0 Å². The number of halogens is 2. The zero-order valence-electron chi connectivity index (χ0n) is 10.2. The van der Waals surface area contributed by atoms with E-state index in [2.05, 4.69) is 5.32 Å². The van der Waals surface area contributed by atoms with Crippen LogP contribution in [0.15, 0.2) is 36.4 Å². The van der Waals surface area contributed by atoms with Crippen LogP contribution in [0.2, 0.25) is 0 Å². The average molecular weight is 262 g/mol. The Morgan fingerprint density at radius 2 is 1.89 bits per heavy atom. The Hall–Kier alpha value is -2.43. The fraction of sp³-hybridized carbons (Fsp3) is 0.0714. The number of carbonyl (C=O) groups excluding carboxylic acids is 1. The molecule has 0 fully saturated rings. The lowest BCUT2D eigenvalue weighted by molar-refractivity contribution is 0.102. The summed E-state index contributed by atoms with van der Waals surface area (Å²) in [5.41, 5.74) is 6.43. The first-order chi connectivity index (χ1) is 8.95. The molecule has 3 nitrogen and oxygen atoms in total. The highest BCUT2D eigenvalue weighted by Gasteiger charge is 2.12. The van der Waals surface area contributed by atoms with E-state index in [1.54, 1.807) is 13.0 Å². The van der Waals surface area contributed by atoms with E-state index in [1.807, 2.05) is 0 Å². The quantitative estimate of drug-likeness (QED) is 0.817. The molecule has 0 aliphatic carbocycles. The molecule has 0 spiro atoms. The first-order valence-electron chi connectivity index (χ1n) is 5.59. The molecule has 0 heterocycles. The molecule has 98 valence electrons. The summed E-state index contributed by atoms with van der Waals surface area (Å²) >= 11 is 0. The molecule has 0 saturated heterocycles. The lowest BCUT2D eigenvalue weighted by Crippen LogP contribution is -2.14. The monoisotopic (exact) mass is 262 g/mol. The lowest BCUT2D eigenvalue weighted by Gasteiger charge is -2.07. The fourth-order valence-electron chi connectivity index (χ4n) is 1.69. The molecule has 1 amide bonds. The van der Waals surface area contributed by atoms with Crippen LogP contribution in [-0.2, 0) is 0 Å². The van der Waals surface area contributed by atoms with Gasteiger partial charge in [-0.2, -0.15) is 0 Å². The molecule has 5 heteroatoms. The average Bonchev–Trinajstić information content (AvgIpc) is 2.26. The minimum atomic E-state index is -0.650. The van der Waals surface area contributed by atoms with Crippen LogP contribution in [0.5, 0.6) is 0 Å². The molecule has 2 aromatic carbocycles. The number of amides is 1. The van der Waals surface area contributed by atoms with Crippen LogP contribution in [-0.4, -0.2) is 5.91 Å². The molecular formula is C14H12F2N2O. The molecule has 0 radical (unpaired) electrons. The Balaban J connectivity index is 2.25. The maximum atomic E-state index is 13.6. The zero-order valence-corrected chi connectivity index (χ0v) is 10.2. The van der Waals surface area contributed by atoms with Crippen molar-refractivity contribution in [1.82, 2.24) is 0 Å². The second-order valence-electron chi connectivity index (χ2n) is 4.21. The number of hydrogen-bond acceptors (Lipinski definition) is 2. The van der Waals surface area contributed by atoms with Gasteiger partial charge < -0.3 is 11.1 Å². The number of nitrogen functional groups attached to an aromatic ring is 1. The maximum Gasteiger partial charge on any atom is 0.258 e. The maximum absolute atomic E-state index is 13.6. The zero-order chi connectivity index (χ0) is 14.0. The molecule has 0 atom stereocenters. The van der Waals surface area contributed by atoms with E-state index in [-0.39, 0.29) is 16.9 Å². The van der Waals surface area contributed by atoms with E-state index in [4.69, 9.17) is 5.73 Å². The van der Waals surface area contributed by atoms with Gasteiger partial charge in [0.2, 0.25) is 0 Å². The van der Waals surface area contributed by atoms with Gasteiger partial charge in [0.05, 0.1) is 5.56 Å². The van der Waals surface area contributed by atoms with Gasteiger partial charge in [0.25, 0.3) is 5.91 Å². The van der Waals surface area contributed by atoms with Crippen LogP contribution in [0.25, 0.3) is 0 Å². The Morgan fingerprint density at radius 3 is 2.53 bits per heavy atom. The highest BCUT2D eigenvalue weighted by molar-refractivity contribution is 6.04. The van der Waals surface area contributed by atoms with Crippen LogP contribution in [0.1, 0.15) is 15.9 Å². The normalized spacial score (nSPS) is 10.3. The Kier molecular flexibility index (Phi) is 3.46. The third kappa shape index (κ3) is 3.07. The predicted molar refractivity (Wildman–Crippen MR) is 69.9 cm³/mol. The van der Waals surface area contributed by atoms with Crippen LogP contribution in [0.3, 0.4) is 0 Å². The molecule has 0 aliphatic heterocycles. The molecule has 3 N–H and O–H groups in total. The standard InChI is InChI=1S/C14H12F2N2O/c1-8-2-3-12(13(16)4-8)14(19)18-11-6-9(15)5-10(17)7-11/h2-7H,17H2,1H3,(H,18,19). The van der Waals surface area contributed by atoms with Crippen molar-refractivity contribution < 1.29 is 13.6 Å². The van der Waals surface area contributed by atoms with Crippen LogP contribution >= 0.6 is 0 Å². The Labute approximate surface area is 109 Å². The number of benzene rings is 2. The number of hydrogen-bond donors (Lipinski definition) is 2. The number of nitrogens with one attached hydrogen (secondary N) is 1. The predicted octanol–water partition coefficient (Wildman–Crippen LogP) is 3.11. The van der Waals surface area contributed by atoms with Gasteiger partial charge in [-0.15, -0.1) is 0 Å². The van der Waals surface area contributed by atoms with Crippen molar-refractivity contribution in [2.24, 2.45) is 0 Å². The second-order valence-corrected chi connectivity index (χ2v) is 4.21. The minimum absolute atomic E-state index is 0.103. The first-order valence-corrected chi connectivity index (χ1v) is 5.59. The molecular weight excluding hydrogens is 250 g/mol. The van der Waals surface area contributed by atoms with E-state index in [0.717, 1.165) is 12.1 Å². The van der Waals surface area contributed by atoms with Gasteiger partial charge in [-0.3, -0.25) is 4.79 Å². The van der Waals surface area contributed by atoms with E-state index >= 15 is 0 Å². The molecule has 0 aliphatic rings. The third-order valence-electron chi connectivity index (χ3n) is 2.55. The third-order valence-corrected chi connectivity index (χ3v) is 2.55. The summed E-state index contributed by atoms with van der Waals surface area (Å²) in [6.45, 7) is 1.72. The van der Waals surface area contributed by atoms with Gasteiger partial charge in [0, 0.05) is 11.4 Å². The highest BCUT2D eigenvalue weighted by Crippen LogP contribution is 2.17. The number of carbonyl (C=O) groups is 1. The van der Waals surface area contributed by atoms with Crippen molar-refractivity contribution in [3.05, 3.63) is 59.2 Å². The first kappa shape index (κ1) is 13.0. The topological polar surface area (TPSA) is 55.1 Å². The molecule has 0 aromatic heterocycles. The van der Waals surface area contributed by atoms with Crippen LogP contribution in [0, 0.1) is 18.6 Å². The molecule has 2 aromatic rings. The van der Waals surface area contributed by atoms with Gasteiger partial charge in [-0.1, -0.05) is 6.07 Å². The molecule has 19 heavy (non-hydrogen) atoms. The summed E-state index contributed by atoms with van der Waals surface area (Å²) in [7, 11) is 0. The van der Waals surface area contributed by atoms with E-state index in [9.17, 15) is 13.6 Å².